The summed E-state index contributed by atoms with van der Waals surface area (Å²) >= 11 is 0. The molecule has 1 aliphatic carbocycles. The molecule has 0 bridgehead atoms. The van der Waals surface area contributed by atoms with Crippen LogP contribution in [0.15, 0.2) is 6.33 Å². The van der Waals surface area contributed by atoms with Crippen molar-refractivity contribution >= 4 is 0 Å². The van der Waals surface area contributed by atoms with Crippen molar-refractivity contribution in [3.8, 4) is 0 Å². The highest BCUT2D eigenvalue weighted by atomic mass is 15.2. The van der Waals surface area contributed by atoms with E-state index in [0.29, 0.717) is 5.41 Å². The predicted octanol–water partition coefficient (Wildman–Crippen LogP) is 2.69. The van der Waals surface area contributed by atoms with E-state index in [1.54, 1.807) is 6.33 Å². The summed E-state index contributed by atoms with van der Waals surface area (Å²) in [5.74, 6) is 0.999. The summed E-state index contributed by atoms with van der Waals surface area (Å²) in [6.45, 7) is 5.89. The van der Waals surface area contributed by atoms with Crippen LogP contribution in [-0.4, -0.2) is 27.8 Å². The first-order valence-electron chi connectivity index (χ1n) is 7.23. The van der Waals surface area contributed by atoms with Gasteiger partial charge in [0.25, 0.3) is 0 Å². The molecule has 0 radical (unpaired) electrons. The van der Waals surface area contributed by atoms with E-state index in [1.807, 2.05) is 0 Å². The fraction of sp³-hybridized carbons (Fsp3) is 0.857. The fourth-order valence-corrected chi connectivity index (χ4v) is 2.78. The van der Waals surface area contributed by atoms with Crippen molar-refractivity contribution in [1.29, 1.82) is 0 Å². The molecule has 1 aromatic rings. The maximum atomic E-state index is 4.14. The fourth-order valence-electron chi connectivity index (χ4n) is 2.78. The highest BCUT2D eigenvalue weighted by Crippen LogP contribution is 2.33. The lowest BCUT2D eigenvalue weighted by Gasteiger charge is -2.22. The lowest BCUT2D eigenvalue weighted by atomic mass is 9.85. The summed E-state index contributed by atoms with van der Waals surface area (Å²) in [4.78, 5) is 4.14. The molecular formula is C14H26N4. The van der Waals surface area contributed by atoms with Gasteiger partial charge in [0.15, 0.2) is 0 Å². The first kappa shape index (κ1) is 13.5. The first-order chi connectivity index (χ1) is 8.66. The number of H-pyrrole nitrogens is 1. The molecule has 0 saturated heterocycles. The second kappa shape index (κ2) is 6.32. The van der Waals surface area contributed by atoms with E-state index in [0.717, 1.165) is 31.3 Å². The molecule has 18 heavy (non-hydrogen) atoms. The molecule has 1 aromatic heterocycles. The van der Waals surface area contributed by atoms with Crippen LogP contribution in [0.3, 0.4) is 0 Å². The summed E-state index contributed by atoms with van der Waals surface area (Å²) in [5, 5.41) is 10.5. The van der Waals surface area contributed by atoms with Crippen LogP contribution < -0.4 is 5.32 Å². The SMILES string of the molecule is CC1(C)CCCC(NCCCc2ncn[nH]2)CC1. The Bertz CT molecular complexity index is 332. The second-order valence-electron chi connectivity index (χ2n) is 6.28. The number of hydrogen-bond donors (Lipinski definition) is 2. The van der Waals surface area contributed by atoms with Crippen LogP contribution in [0.4, 0.5) is 0 Å². The number of nitrogens with one attached hydrogen (secondary N) is 2. The lowest BCUT2D eigenvalue weighted by molar-refractivity contribution is 0.309. The molecule has 0 spiro atoms. The van der Waals surface area contributed by atoms with E-state index in [9.17, 15) is 0 Å². The minimum atomic E-state index is 0.552. The van der Waals surface area contributed by atoms with Crippen LogP contribution in [0, 0.1) is 5.41 Å². The zero-order chi connectivity index (χ0) is 12.8. The van der Waals surface area contributed by atoms with Crippen LogP contribution >= 0.6 is 0 Å². The van der Waals surface area contributed by atoms with Gasteiger partial charge in [-0.05, 0) is 44.1 Å². The molecule has 102 valence electrons. The summed E-state index contributed by atoms with van der Waals surface area (Å²) in [6, 6.07) is 0.724. The van der Waals surface area contributed by atoms with E-state index in [1.165, 1.54) is 32.1 Å². The molecule has 1 saturated carbocycles. The Hall–Kier alpha value is -0.900. The molecule has 1 heterocycles. The topological polar surface area (TPSA) is 53.6 Å². The second-order valence-corrected chi connectivity index (χ2v) is 6.28. The Labute approximate surface area is 110 Å². The monoisotopic (exact) mass is 250 g/mol. The summed E-state index contributed by atoms with van der Waals surface area (Å²) in [7, 11) is 0. The predicted molar refractivity (Wildman–Crippen MR) is 73.4 cm³/mol. The minimum Gasteiger partial charge on any atom is -0.314 e. The molecule has 2 N–H and O–H groups in total. The van der Waals surface area contributed by atoms with Gasteiger partial charge >= 0.3 is 0 Å². The van der Waals surface area contributed by atoms with Gasteiger partial charge in [0.2, 0.25) is 0 Å². The van der Waals surface area contributed by atoms with Gasteiger partial charge in [0.1, 0.15) is 12.2 Å². The molecule has 1 fully saturated rings. The molecule has 4 heteroatoms. The average Bonchev–Trinajstić information content (AvgIpc) is 2.77. The Kier molecular flexibility index (Phi) is 4.75. The first-order valence-corrected chi connectivity index (χ1v) is 7.23. The average molecular weight is 250 g/mol. The number of hydrogen-bond acceptors (Lipinski definition) is 3. The van der Waals surface area contributed by atoms with Crippen molar-refractivity contribution < 1.29 is 0 Å². The van der Waals surface area contributed by atoms with Gasteiger partial charge in [-0.1, -0.05) is 20.3 Å². The lowest BCUT2D eigenvalue weighted by Crippen LogP contribution is -2.29. The van der Waals surface area contributed by atoms with Crippen LogP contribution in [0.2, 0.25) is 0 Å². The standard InChI is InChI=1S/C14H26N4/c1-14(2)8-3-5-12(7-9-14)15-10-4-6-13-16-11-17-18-13/h11-12,15H,3-10H2,1-2H3,(H,16,17,18). The Balaban J connectivity index is 1.61. The van der Waals surface area contributed by atoms with Crippen molar-refractivity contribution in [3.05, 3.63) is 12.2 Å². The summed E-state index contributed by atoms with van der Waals surface area (Å²) in [5.41, 5.74) is 0.552. The third-order valence-electron chi connectivity index (χ3n) is 4.06. The molecule has 0 aromatic carbocycles. The quantitative estimate of drug-likeness (QED) is 0.624. The zero-order valence-corrected chi connectivity index (χ0v) is 11.7. The van der Waals surface area contributed by atoms with Gasteiger partial charge in [-0.2, -0.15) is 5.10 Å². The number of aromatic nitrogens is 3. The van der Waals surface area contributed by atoms with E-state index < -0.39 is 0 Å². The van der Waals surface area contributed by atoms with Gasteiger partial charge < -0.3 is 5.32 Å². The van der Waals surface area contributed by atoms with Gasteiger partial charge in [0.05, 0.1) is 0 Å². The molecule has 4 nitrogen and oxygen atoms in total. The van der Waals surface area contributed by atoms with E-state index in [-0.39, 0.29) is 0 Å². The normalized spacial score (nSPS) is 23.8. The number of nitrogens with zero attached hydrogens (tertiary/aromatic N) is 2. The van der Waals surface area contributed by atoms with Gasteiger partial charge in [-0.25, -0.2) is 4.98 Å². The van der Waals surface area contributed by atoms with E-state index >= 15 is 0 Å². The third-order valence-corrected chi connectivity index (χ3v) is 4.06. The van der Waals surface area contributed by atoms with Crippen LogP contribution in [-0.2, 0) is 6.42 Å². The molecule has 1 atom stereocenters. The number of aryl methyl sites for hydroxylation is 1. The van der Waals surface area contributed by atoms with E-state index in [4.69, 9.17) is 0 Å². The van der Waals surface area contributed by atoms with Gasteiger partial charge in [-0.3, -0.25) is 5.10 Å². The zero-order valence-electron chi connectivity index (χ0n) is 11.7. The van der Waals surface area contributed by atoms with E-state index in [2.05, 4.69) is 34.3 Å². The smallest absolute Gasteiger partial charge is 0.137 e. The van der Waals surface area contributed by atoms with Gasteiger partial charge in [0, 0.05) is 12.5 Å². The number of aromatic amines is 1. The van der Waals surface area contributed by atoms with Crippen molar-refractivity contribution in [2.75, 3.05) is 6.54 Å². The largest absolute Gasteiger partial charge is 0.314 e. The van der Waals surface area contributed by atoms with Crippen molar-refractivity contribution in [1.82, 2.24) is 20.5 Å². The molecular weight excluding hydrogens is 224 g/mol. The molecule has 1 unspecified atom stereocenters. The number of rotatable bonds is 5. The molecule has 0 amide bonds. The Morgan fingerprint density at radius 2 is 2.28 bits per heavy atom. The van der Waals surface area contributed by atoms with Gasteiger partial charge in [-0.15, -0.1) is 0 Å². The van der Waals surface area contributed by atoms with Crippen LogP contribution in [0.1, 0.15) is 58.2 Å². The molecule has 1 aliphatic rings. The summed E-state index contributed by atoms with van der Waals surface area (Å²) < 4.78 is 0. The maximum Gasteiger partial charge on any atom is 0.137 e. The van der Waals surface area contributed by atoms with Crippen molar-refractivity contribution in [2.24, 2.45) is 5.41 Å². The van der Waals surface area contributed by atoms with Crippen molar-refractivity contribution in [2.45, 2.75) is 64.8 Å². The minimum absolute atomic E-state index is 0.552. The van der Waals surface area contributed by atoms with Crippen molar-refractivity contribution in [3.63, 3.8) is 0 Å². The molecule has 0 aliphatic heterocycles. The highest BCUT2D eigenvalue weighted by Gasteiger charge is 2.23. The van der Waals surface area contributed by atoms with Crippen LogP contribution in [0.5, 0.6) is 0 Å². The Morgan fingerprint density at radius 3 is 3.06 bits per heavy atom. The van der Waals surface area contributed by atoms with Crippen LogP contribution in [0.25, 0.3) is 0 Å². The maximum absolute atomic E-state index is 4.14. The highest BCUT2D eigenvalue weighted by molar-refractivity contribution is 4.82. The molecule has 2 rings (SSSR count). The third kappa shape index (κ3) is 4.41. The summed E-state index contributed by atoms with van der Waals surface area (Å²) in [6.07, 6.45) is 10.5. The Morgan fingerprint density at radius 1 is 1.39 bits per heavy atom.